The number of rotatable bonds is 3. The van der Waals surface area contributed by atoms with Gasteiger partial charge in [0.2, 0.25) is 0 Å². The second-order valence-corrected chi connectivity index (χ2v) is 8.66. The molecule has 23 heavy (non-hydrogen) atoms. The van der Waals surface area contributed by atoms with Crippen LogP contribution in [0.4, 0.5) is 5.69 Å². The number of nitrogens with zero attached hydrogens (tertiary/aromatic N) is 2. The summed E-state index contributed by atoms with van der Waals surface area (Å²) in [4.78, 5) is 12.4. The number of amides is 1. The van der Waals surface area contributed by atoms with Crippen molar-refractivity contribution in [3.05, 3.63) is 46.2 Å². The number of hydrogen-bond donors (Lipinski definition) is 1. The highest BCUT2D eigenvalue weighted by molar-refractivity contribution is 9.10. The van der Waals surface area contributed by atoms with Crippen molar-refractivity contribution in [1.82, 2.24) is 9.78 Å². The second-order valence-electron chi connectivity index (χ2n) is 5.58. The van der Waals surface area contributed by atoms with E-state index in [2.05, 4.69) is 26.3 Å². The molecule has 0 bridgehead atoms. The largest absolute Gasteiger partial charge is 0.321 e. The molecule has 122 valence electrons. The van der Waals surface area contributed by atoms with E-state index >= 15 is 0 Å². The fourth-order valence-electron chi connectivity index (χ4n) is 2.73. The fourth-order valence-corrected chi connectivity index (χ4v) is 4.81. The Morgan fingerprint density at radius 3 is 2.78 bits per heavy atom. The van der Waals surface area contributed by atoms with Crippen molar-refractivity contribution in [3.8, 4) is 0 Å². The van der Waals surface area contributed by atoms with E-state index in [4.69, 9.17) is 0 Å². The van der Waals surface area contributed by atoms with E-state index < -0.39 is 9.84 Å². The molecule has 2 heterocycles. The number of nitrogens with one attached hydrogen (secondary N) is 1. The maximum atomic E-state index is 12.4. The summed E-state index contributed by atoms with van der Waals surface area (Å²) in [6.45, 7) is 1.78. The highest BCUT2D eigenvalue weighted by atomic mass is 79.9. The number of para-hydroxylation sites is 1. The van der Waals surface area contributed by atoms with Gasteiger partial charge in [0.1, 0.15) is 0 Å². The van der Waals surface area contributed by atoms with Crippen LogP contribution >= 0.6 is 15.9 Å². The predicted octanol–water partition coefficient (Wildman–Crippen LogP) is 2.57. The van der Waals surface area contributed by atoms with Crippen molar-refractivity contribution in [1.29, 1.82) is 0 Å². The van der Waals surface area contributed by atoms with Crippen LogP contribution in [0.15, 0.2) is 34.9 Å². The Bertz CT molecular complexity index is 861. The van der Waals surface area contributed by atoms with Crippen molar-refractivity contribution in [2.75, 3.05) is 16.8 Å². The number of carbonyl (C=O) groups is 1. The fraction of sp³-hybridized carbons (Fsp3) is 0.333. The first-order valence-corrected chi connectivity index (χ1v) is 9.79. The topological polar surface area (TPSA) is 81.1 Å². The van der Waals surface area contributed by atoms with Crippen molar-refractivity contribution in [2.45, 2.75) is 19.4 Å². The van der Waals surface area contributed by atoms with Gasteiger partial charge in [-0.1, -0.05) is 12.1 Å². The van der Waals surface area contributed by atoms with E-state index in [1.54, 1.807) is 17.7 Å². The minimum absolute atomic E-state index is 0.0841. The lowest BCUT2D eigenvalue weighted by Crippen LogP contribution is -2.16. The van der Waals surface area contributed by atoms with E-state index in [0.29, 0.717) is 23.4 Å². The molecule has 1 fully saturated rings. The molecule has 1 aromatic carbocycles. The molecule has 1 unspecified atom stereocenters. The van der Waals surface area contributed by atoms with Crippen LogP contribution in [0.2, 0.25) is 0 Å². The molecule has 0 saturated carbocycles. The molecule has 1 N–H and O–H groups in total. The number of benzene rings is 1. The van der Waals surface area contributed by atoms with Gasteiger partial charge in [0.05, 0.1) is 35.0 Å². The summed E-state index contributed by atoms with van der Waals surface area (Å²) in [7, 11) is -2.99. The third kappa shape index (κ3) is 3.32. The Kier molecular flexibility index (Phi) is 4.29. The maximum absolute atomic E-state index is 12.4. The molecular formula is C15H16BrN3O3S. The molecule has 1 saturated heterocycles. The molecule has 0 radical (unpaired) electrons. The molecule has 2 aromatic rings. The van der Waals surface area contributed by atoms with Gasteiger partial charge in [-0.25, -0.2) is 8.42 Å². The normalized spacial score (nSPS) is 19.7. The molecule has 8 heteroatoms. The monoisotopic (exact) mass is 397 g/mol. The van der Waals surface area contributed by atoms with Crippen molar-refractivity contribution < 1.29 is 13.2 Å². The first kappa shape index (κ1) is 16.2. The molecular weight excluding hydrogens is 382 g/mol. The average molecular weight is 398 g/mol. The first-order valence-electron chi connectivity index (χ1n) is 7.18. The summed E-state index contributed by atoms with van der Waals surface area (Å²) in [5, 5.41) is 7.06. The smallest absolute Gasteiger partial charge is 0.259 e. The Hall–Kier alpha value is -1.67. The number of anilines is 1. The Morgan fingerprint density at radius 1 is 1.39 bits per heavy atom. The van der Waals surface area contributed by atoms with E-state index in [1.807, 2.05) is 18.2 Å². The van der Waals surface area contributed by atoms with Crippen LogP contribution in [-0.4, -0.2) is 35.6 Å². The molecule has 6 nitrogen and oxygen atoms in total. The van der Waals surface area contributed by atoms with Gasteiger partial charge in [-0.15, -0.1) is 0 Å². The van der Waals surface area contributed by atoms with Crippen LogP contribution in [0.25, 0.3) is 0 Å². The minimum Gasteiger partial charge on any atom is -0.321 e. The molecule has 1 aromatic heterocycles. The van der Waals surface area contributed by atoms with Crippen LogP contribution in [0.1, 0.15) is 28.5 Å². The highest BCUT2D eigenvalue weighted by Gasteiger charge is 2.31. The molecule has 1 amide bonds. The first-order chi connectivity index (χ1) is 10.9. The molecule has 1 aliphatic heterocycles. The number of hydrogen-bond acceptors (Lipinski definition) is 4. The van der Waals surface area contributed by atoms with Crippen LogP contribution < -0.4 is 5.32 Å². The summed E-state index contributed by atoms with van der Waals surface area (Å²) in [5.41, 5.74) is 1.80. The summed E-state index contributed by atoms with van der Waals surface area (Å²) in [6.07, 6.45) is 2.03. The van der Waals surface area contributed by atoms with Crippen molar-refractivity contribution >= 4 is 37.4 Å². The molecule has 3 rings (SSSR count). The number of aromatic nitrogens is 2. The van der Waals surface area contributed by atoms with Gasteiger partial charge in [0, 0.05) is 10.2 Å². The van der Waals surface area contributed by atoms with Crippen LogP contribution in [0, 0.1) is 6.92 Å². The van der Waals surface area contributed by atoms with Crippen molar-refractivity contribution in [2.24, 2.45) is 0 Å². The summed E-state index contributed by atoms with van der Waals surface area (Å²) in [5.74, 6) is -0.00231. The molecule has 1 aliphatic rings. The standard InChI is InChI=1S/C15H16BrN3O3S/c1-10-12(15(20)18-14-5-3-2-4-13(14)16)8-17-19(10)11-6-7-23(21,22)9-11/h2-5,8,11H,6-7,9H2,1H3,(H,18,20). The summed E-state index contributed by atoms with van der Waals surface area (Å²) in [6, 6.07) is 7.15. The number of carbonyl (C=O) groups excluding carboxylic acids is 1. The summed E-state index contributed by atoms with van der Waals surface area (Å²) >= 11 is 3.39. The Labute approximate surface area is 142 Å². The van der Waals surface area contributed by atoms with Gasteiger partial charge < -0.3 is 5.32 Å². The second kappa shape index (κ2) is 6.09. The van der Waals surface area contributed by atoms with Gasteiger partial charge in [0.25, 0.3) is 5.91 Å². The molecule has 0 aliphatic carbocycles. The van der Waals surface area contributed by atoms with E-state index in [1.165, 1.54) is 6.20 Å². The van der Waals surface area contributed by atoms with E-state index in [-0.39, 0.29) is 23.5 Å². The molecule has 0 spiro atoms. The van der Waals surface area contributed by atoms with Gasteiger partial charge in [-0.3, -0.25) is 9.48 Å². The lowest BCUT2D eigenvalue weighted by atomic mass is 10.2. The zero-order valence-corrected chi connectivity index (χ0v) is 14.9. The summed E-state index contributed by atoms with van der Waals surface area (Å²) < 4.78 is 25.7. The highest BCUT2D eigenvalue weighted by Crippen LogP contribution is 2.26. The lowest BCUT2D eigenvalue weighted by molar-refractivity contribution is 0.102. The SMILES string of the molecule is Cc1c(C(=O)Nc2ccccc2Br)cnn1C1CCS(=O)(=O)C1. The Morgan fingerprint density at radius 2 is 2.13 bits per heavy atom. The van der Waals surface area contributed by atoms with Gasteiger partial charge >= 0.3 is 0 Å². The lowest BCUT2D eigenvalue weighted by Gasteiger charge is -2.12. The Balaban J connectivity index is 1.82. The average Bonchev–Trinajstić information content (AvgIpc) is 3.04. The van der Waals surface area contributed by atoms with Crippen molar-refractivity contribution in [3.63, 3.8) is 0 Å². The third-order valence-electron chi connectivity index (χ3n) is 3.97. The van der Waals surface area contributed by atoms with Crippen LogP contribution in [-0.2, 0) is 9.84 Å². The predicted molar refractivity (Wildman–Crippen MR) is 91.4 cm³/mol. The van der Waals surface area contributed by atoms with E-state index in [0.717, 1.165) is 4.47 Å². The van der Waals surface area contributed by atoms with E-state index in [9.17, 15) is 13.2 Å². The van der Waals surface area contributed by atoms with Crippen LogP contribution in [0.5, 0.6) is 0 Å². The quantitative estimate of drug-likeness (QED) is 0.862. The number of sulfone groups is 1. The zero-order valence-electron chi connectivity index (χ0n) is 12.5. The van der Waals surface area contributed by atoms with Gasteiger partial charge in [0.15, 0.2) is 9.84 Å². The third-order valence-corrected chi connectivity index (χ3v) is 6.41. The maximum Gasteiger partial charge on any atom is 0.259 e. The minimum atomic E-state index is -2.99. The van der Waals surface area contributed by atoms with Gasteiger partial charge in [-0.05, 0) is 41.4 Å². The number of halogens is 1. The van der Waals surface area contributed by atoms with Gasteiger partial charge in [-0.2, -0.15) is 5.10 Å². The van der Waals surface area contributed by atoms with Crippen LogP contribution in [0.3, 0.4) is 0 Å². The zero-order chi connectivity index (χ0) is 16.6. The molecule has 1 atom stereocenters.